The molecular formula is C17H24N2OS. The number of benzene rings is 1. The highest BCUT2D eigenvalue weighted by Gasteiger charge is 2.12. The molecule has 1 aromatic heterocycles. The van der Waals surface area contributed by atoms with Crippen LogP contribution >= 0.6 is 11.3 Å². The maximum atomic E-state index is 5.16. The lowest BCUT2D eigenvalue weighted by Crippen LogP contribution is -2.19. The van der Waals surface area contributed by atoms with E-state index in [-0.39, 0.29) is 0 Å². The highest BCUT2D eigenvalue weighted by molar-refractivity contribution is 7.15. The third-order valence-electron chi connectivity index (χ3n) is 3.14. The van der Waals surface area contributed by atoms with Gasteiger partial charge >= 0.3 is 0 Å². The van der Waals surface area contributed by atoms with E-state index in [1.165, 1.54) is 10.4 Å². The molecule has 0 saturated heterocycles. The molecule has 2 aromatic rings. The number of aromatic nitrogens is 1. The van der Waals surface area contributed by atoms with Gasteiger partial charge in [-0.25, -0.2) is 4.98 Å². The molecule has 21 heavy (non-hydrogen) atoms. The second-order valence-electron chi connectivity index (χ2n) is 5.52. The monoisotopic (exact) mass is 304 g/mol. The van der Waals surface area contributed by atoms with Crippen molar-refractivity contribution in [2.24, 2.45) is 5.92 Å². The summed E-state index contributed by atoms with van der Waals surface area (Å²) in [5.74, 6) is 0.650. The quantitative estimate of drug-likeness (QED) is 0.806. The second kappa shape index (κ2) is 8.27. The molecule has 0 aliphatic rings. The minimum absolute atomic E-state index is 0.650. The SMILES string of the molecule is COCCc1nc(CNCC(C)C)c(-c2ccccc2)s1. The Kier molecular flexibility index (Phi) is 6.36. The lowest BCUT2D eigenvalue weighted by atomic mass is 10.1. The van der Waals surface area contributed by atoms with Crippen LogP contribution in [0.2, 0.25) is 0 Å². The van der Waals surface area contributed by atoms with E-state index in [2.05, 4.69) is 43.4 Å². The zero-order chi connectivity index (χ0) is 15.1. The minimum Gasteiger partial charge on any atom is -0.384 e. The average Bonchev–Trinajstić information content (AvgIpc) is 2.89. The topological polar surface area (TPSA) is 34.1 Å². The summed E-state index contributed by atoms with van der Waals surface area (Å²) in [5, 5.41) is 4.64. The first kappa shape index (κ1) is 16.1. The summed E-state index contributed by atoms with van der Waals surface area (Å²) < 4.78 is 5.16. The van der Waals surface area contributed by atoms with Gasteiger partial charge in [0.15, 0.2) is 0 Å². The minimum atomic E-state index is 0.650. The number of nitrogens with one attached hydrogen (secondary N) is 1. The molecule has 0 aliphatic carbocycles. The second-order valence-corrected chi connectivity index (χ2v) is 6.60. The van der Waals surface area contributed by atoms with Crippen molar-refractivity contribution in [2.45, 2.75) is 26.8 Å². The number of thiazole rings is 1. The van der Waals surface area contributed by atoms with Gasteiger partial charge in [0.25, 0.3) is 0 Å². The molecule has 114 valence electrons. The molecular weight excluding hydrogens is 280 g/mol. The van der Waals surface area contributed by atoms with Crippen LogP contribution in [0.15, 0.2) is 30.3 Å². The highest BCUT2D eigenvalue weighted by atomic mass is 32.1. The van der Waals surface area contributed by atoms with Gasteiger partial charge in [0.2, 0.25) is 0 Å². The van der Waals surface area contributed by atoms with Crippen LogP contribution in [0.25, 0.3) is 10.4 Å². The van der Waals surface area contributed by atoms with Crippen LogP contribution in [0, 0.1) is 5.92 Å². The van der Waals surface area contributed by atoms with Gasteiger partial charge in [-0.1, -0.05) is 44.2 Å². The Balaban J connectivity index is 2.17. The normalized spacial score (nSPS) is 11.2. The molecule has 0 bridgehead atoms. The predicted octanol–water partition coefficient (Wildman–Crippen LogP) is 3.74. The van der Waals surface area contributed by atoms with Crippen molar-refractivity contribution in [3.8, 4) is 10.4 Å². The third kappa shape index (κ3) is 4.92. The number of hydrogen-bond acceptors (Lipinski definition) is 4. The number of ether oxygens (including phenoxy) is 1. The lowest BCUT2D eigenvalue weighted by molar-refractivity contribution is 0.202. The summed E-state index contributed by atoms with van der Waals surface area (Å²) in [6, 6.07) is 10.5. The standard InChI is InChI=1S/C17H24N2OS/c1-13(2)11-18-12-15-17(14-7-5-4-6-8-14)21-16(19-15)9-10-20-3/h4-8,13,18H,9-12H2,1-3H3. The molecule has 1 heterocycles. The van der Waals surface area contributed by atoms with Gasteiger partial charge in [-0.15, -0.1) is 11.3 Å². The molecule has 1 aromatic carbocycles. The Bertz CT molecular complexity index is 537. The largest absolute Gasteiger partial charge is 0.384 e. The molecule has 0 spiro atoms. The third-order valence-corrected chi connectivity index (χ3v) is 4.35. The molecule has 0 atom stereocenters. The molecule has 4 heteroatoms. The van der Waals surface area contributed by atoms with E-state index in [1.54, 1.807) is 18.4 Å². The zero-order valence-corrected chi connectivity index (χ0v) is 13.9. The van der Waals surface area contributed by atoms with E-state index in [1.807, 2.05) is 6.07 Å². The molecule has 0 radical (unpaired) electrons. The number of methoxy groups -OCH3 is 1. The highest BCUT2D eigenvalue weighted by Crippen LogP contribution is 2.30. The van der Waals surface area contributed by atoms with E-state index >= 15 is 0 Å². The van der Waals surface area contributed by atoms with E-state index in [9.17, 15) is 0 Å². The number of rotatable bonds is 8. The summed E-state index contributed by atoms with van der Waals surface area (Å²) >= 11 is 1.78. The van der Waals surface area contributed by atoms with Crippen LogP contribution in [0.4, 0.5) is 0 Å². The molecule has 0 aliphatic heterocycles. The summed E-state index contributed by atoms with van der Waals surface area (Å²) in [7, 11) is 1.73. The Hall–Kier alpha value is -1.23. The van der Waals surface area contributed by atoms with E-state index in [0.717, 1.165) is 36.8 Å². The van der Waals surface area contributed by atoms with Crippen molar-refractivity contribution in [1.29, 1.82) is 0 Å². The van der Waals surface area contributed by atoms with Crippen LogP contribution in [-0.4, -0.2) is 25.2 Å². The summed E-state index contributed by atoms with van der Waals surface area (Å²) in [6.07, 6.45) is 0.880. The van der Waals surface area contributed by atoms with Crippen LogP contribution in [0.5, 0.6) is 0 Å². The Morgan fingerprint density at radius 2 is 2.00 bits per heavy atom. The Labute approximate surface area is 131 Å². The first-order valence-electron chi connectivity index (χ1n) is 7.44. The Morgan fingerprint density at radius 3 is 2.67 bits per heavy atom. The molecule has 3 nitrogen and oxygen atoms in total. The van der Waals surface area contributed by atoms with Crippen molar-refractivity contribution in [3.63, 3.8) is 0 Å². The van der Waals surface area contributed by atoms with Crippen molar-refractivity contribution in [3.05, 3.63) is 41.0 Å². The molecule has 0 fully saturated rings. The fourth-order valence-electron chi connectivity index (χ4n) is 2.11. The summed E-state index contributed by atoms with van der Waals surface area (Å²) in [4.78, 5) is 6.07. The summed E-state index contributed by atoms with van der Waals surface area (Å²) in [6.45, 7) is 7.00. The maximum absolute atomic E-state index is 5.16. The number of nitrogens with zero attached hydrogens (tertiary/aromatic N) is 1. The molecule has 2 rings (SSSR count). The average molecular weight is 304 g/mol. The predicted molar refractivity (Wildman–Crippen MR) is 89.7 cm³/mol. The zero-order valence-electron chi connectivity index (χ0n) is 13.1. The van der Waals surface area contributed by atoms with Crippen LogP contribution < -0.4 is 5.32 Å². The molecule has 0 amide bonds. The van der Waals surface area contributed by atoms with Crippen molar-refractivity contribution >= 4 is 11.3 Å². The van der Waals surface area contributed by atoms with Crippen molar-refractivity contribution in [1.82, 2.24) is 10.3 Å². The van der Waals surface area contributed by atoms with Crippen molar-refractivity contribution in [2.75, 3.05) is 20.3 Å². The fraction of sp³-hybridized carbons (Fsp3) is 0.471. The molecule has 0 unspecified atom stereocenters. The first-order chi connectivity index (χ1) is 10.2. The lowest BCUT2D eigenvalue weighted by Gasteiger charge is -2.07. The van der Waals surface area contributed by atoms with E-state index < -0.39 is 0 Å². The molecule has 1 N–H and O–H groups in total. The number of hydrogen-bond donors (Lipinski definition) is 1. The van der Waals surface area contributed by atoms with Gasteiger partial charge in [0.05, 0.1) is 22.2 Å². The van der Waals surface area contributed by atoms with E-state index in [4.69, 9.17) is 9.72 Å². The summed E-state index contributed by atoms with van der Waals surface area (Å²) in [5.41, 5.74) is 2.40. The van der Waals surface area contributed by atoms with Gasteiger partial charge in [-0.3, -0.25) is 0 Å². The van der Waals surface area contributed by atoms with Crippen LogP contribution in [0.1, 0.15) is 24.5 Å². The Morgan fingerprint density at radius 1 is 1.24 bits per heavy atom. The fourth-order valence-corrected chi connectivity index (χ4v) is 3.18. The van der Waals surface area contributed by atoms with Crippen molar-refractivity contribution < 1.29 is 4.74 Å². The van der Waals surface area contributed by atoms with Gasteiger partial charge < -0.3 is 10.1 Å². The maximum Gasteiger partial charge on any atom is 0.0958 e. The van der Waals surface area contributed by atoms with Gasteiger partial charge in [-0.05, 0) is 18.0 Å². The van der Waals surface area contributed by atoms with E-state index in [0.29, 0.717) is 5.92 Å². The first-order valence-corrected chi connectivity index (χ1v) is 8.26. The van der Waals surface area contributed by atoms with Crippen LogP contribution in [0.3, 0.4) is 0 Å². The van der Waals surface area contributed by atoms with Gasteiger partial charge in [0, 0.05) is 20.1 Å². The smallest absolute Gasteiger partial charge is 0.0958 e. The van der Waals surface area contributed by atoms with Gasteiger partial charge in [-0.2, -0.15) is 0 Å². The molecule has 0 saturated carbocycles. The van der Waals surface area contributed by atoms with Crippen LogP contribution in [-0.2, 0) is 17.7 Å². The van der Waals surface area contributed by atoms with Gasteiger partial charge in [0.1, 0.15) is 0 Å².